The van der Waals surface area contributed by atoms with E-state index in [1.165, 1.54) is 6.07 Å². The highest BCUT2D eigenvalue weighted by Gasteiger charge is 2.24. The topological polar surface area (TPSA) is 32.3 Å². The van der Waals surface area contributed by atoms with Crippen molar-refractivity contribution in [3.8, 4) is 0 Å². The second-order valence-corrected chi connectivity index (χ2v) is 5.80. The van der Waals surface area contributed by atoms with Crippen LogP contribution in [0.1, 0.15) is 38.2 Å². The van der Waals surface area contributed by atoms with Crippen LogP contribution in [0.15, 0.2) is 18.2 Å². The number of piperidine rings is 1. The highest BCUT2D eigenvalue weighted by Crippen LogP contribution is 2.17. The van der Waals surface area contributed by atoms with E-state index in [1.54, 1.807) is 0 Å². The summed E-state index contributed by atoms with van der Waals surface area (Å²) in [4.78, 5) is 14.4. The van der Waals surface area contributed by atoms with Gasteiger partial charge in [-0.1, -0.05) is 6.92 Å². The van der Waals surface area contributed by atoms with E-state index < -0.39 is 11.6 Å². The monoisotopic (exact) mass is 346 g/mol. The average Bonchev–Trinajstić information content (AvgIpc) is 2.54. The Morgan fingerprint density at radius 1 is 1.30 bits per heavy atom. The van der Waals surface area contributed by atoms with Gasteiger partial charge in [-0.05, 0) is 62.5 Å². The van der Waals surface area contributed by atoms with E-state index in [-0.39, 0.29) is 42.8 Å². The molecule has 0 saturated carbocycles. The summed E-state index contributed by atoms with van der Waals surface area (Å²) in [6.07, 6.45) is 3.29. The van der Waals surface area contributed by atoms with Crippen molar-refractivity contribution in [2.75, 3.05) is 19.6 Å². The molecule has 0 unspecified atom stereocenters. The van der Waals surface area contributed by atoms with E-state index in [0.717, 1.165) is 51.0 Å². The molecule has 0 atom stereocenters. The van der Waals surface area contributed by atoms with Gasteiger partial charge in [0.05, 0.1) is 0 Å². The third kappa shape index (κ3) is 5.74. The second-order valence-electron chi connectivity index (χ2n) is 5.80. The molecule has 1 aromatic rings. The first-order valence-corrected chi connectivity index (χ1v) is 8.06. The van der Waals surface area contributed by atoms with Crippen LogP contribution in [0.3, 0.4) is 0 Å². The number of carbonyl (C=O) groups is 1. The maximum absolute atomic E-state index is 13.6. The van der Waals surface area contributed by atoms with Gasteiger partial charge >= 0.3 is 0 Å². The molecule has 1 aliphatic heterocycles. The van der Waals surface area contributed by atoms with E-state index in [0.29, 0.717) is 0 Å². The average molecular weight is 347 g/mol. The van der Waals surface area contributed by atoms with Gasteiger partial charge in [-0.15, -0.1) is 12.4 Å². The molecule has 1 amide bonds. The van der Waals surface area contributed by atoms with Crippen LogP contribution in [0.5, 0.6) is 0 Å². The number of hydrogen-bond acceptors (Lipinski definition) is 2. The minimum Gasteiger partial charge on any atom is -0.340 e. The smallest absolute Gasteiger partial charge is 0.223 e. The number of halogens is 3. The molecule has 0 bridgehead atoms. The van der Waals surface area contributed by atoms with Crippen molar-refractivity contribution < 1.29 is 13.6 Å². The van der Waals surface area contributed by atoms with E-state index in [2.05, 4.69) is 5.32 Å². The lowest BCUT2D eigenvalue weighted by atomic mass is 10.0. The van der Waals surface area contributed by atoms with Crippen molar-refractivity contribution >= 4 is 18.3 Å². The van der Waals surface area contributed by atoms with Crippen LogP contribution in [0.2, 0.25) is 0 Å². The Bertz CT molecular complexity index is 507. The van der Waals surface area contributed by atoms with Gasteiger partial charge in [0.25, 0.3) is 0 Å². The minimum atomic E-state index is -0.465. The molecule has 3 nitrogen and oxygen atoms in total. The van der Waals surface area contributed by atoms with Crippen LogP contribution in [0.25, 0.3) is 0 Å². The van der Waals surface area contributed by atoms with Crippen LogP contribution in [0.4, 0.5) is 8.78 Å². The highest BCUT2D eigenvalue weighted by molar-refractivity contribution is 5.85. The first-order valence-electron chi connectivity index (χ1n) is 8.06. The summed E-state index contributed by atoms with van der Waals surface area (Å²) >= 11 is 0. The number of hydrogen-bond donors (Lipinski definition) is 1. The fourth-order valence-corrected chi connectivity index (χ4v) is 2.99. The van der Waals surface area contributed by atoms with Crippen LogP contribution in [-0.2, 0) is 11.2 Å². The SMILES string of the molecule is CCCN(C(=O)CCc1cc(F)ccc1F)C1CCNCC1.Cl. The van der Waals surface area contributed by atoms with E-state index in [9.17, 15) is 13.6 Å². The van der Waals surface area contributed by atoms with Crippen LogP contribution in [-0.4, -0.2) is 36.5 Å². The third-order valence-corrected chi connectivity index (χ3v) is 4.15. The summed E-state index contributed by atoms with van der Waals surface area (Å²) < 4.78 is 26.8. The number of rotatable bonds is 6. The molecule has 1 heterocycles. The van der Waals surface area contributed by atoms with Crippen LogP contribution >= 0.6 is 12.4 Å². The van der Waals surface area contributed by atoms with E-state index in [4.69, 9.17) is 0 Å². The molecular weight excluding hydrogens is 322 g/mol. The number of aryl methyl sites for hydroxylation is 1. The molecule has 0 aliphatic carbocycles. The number of amides is 1. The Hall–Kier alpha value is -1.20. The zero-order valence-electron chi connectivity index (χ0n) is 13.5. The van der Waals surface area contributed by atoms with Gasteiger partial charge in [0.2, 0.25) is 5.91 Å². The molecule has 6 heteroatoms. The summed E-state index contributed by atoms with van der Waals surface area (Å²) in [7, 11) is 0. The largest absolute Gasteiger partial charge is 0.340 e. The summed E-state index contributed by atoms with van der Waals surface area (Å²) in [6.45, 7) is 4.64. The maximum Gasteiger partial charge on any atom is 0.223 e. The first-order chi connectivity index (χ1) is 10.6. The molecule has 1 fully saturated rings. The Morgan fingerprint density at radius 3 is 2.65 bits per heavy atom. The molecule has 0 radical (unpaired) electrons. The van der Waals surface area contributed by atoms with Crippen molar-refractivity contribution in [1.82, 2.24) is 10.2 Å². The number of nitrogens with one attached hydrogen (secondary N) is 1. The number of benzene rings is 1. The molecule has 1 saturated heterocycles. The molecule has 2 rings (SSSR count). The number of nitrogens with zero attached hydrogens (tertiary/aromatic N) is 1. The molecule has 130 valence electrons. The van der Waals surface area contributed by atoms with E-state index >= 15 is 0 Å². The van der Waals surface area contributed by atoms with Crippen molar-refractivity contribution in [3.63, 3.8) is 0 Å². The molecule has 0 spiro atoms. The lowest BCUT2D eigenvalue weighted by molar-refractivity contribution is -0.134. The second kappa shape index (κ2) is 9.83. The molecule has 1 N–H and O–H groups in total. The van der Waals surface area contributed by atoms with E-state index in [1.807, 2.05) is 11.8 Å². The maximum atomic E-state index is 13.6. The van der Waals surface area contributed by atoms with Gasteiger partial charge in [-0.3, -0.25) is 4.79 Å². The fraction of sp³-hybridized carbons (Fsp3) is 0.588. The predicted molar refractivity (Wildman–Crippen MR) is 89.8 cm³/mol. The summed E-state index contributed by atoms with van der Waals surface area (Å²) in [5.41, 5.74) is 0.273. The van der Waals surface area contributed by atoms with Crippen molar-refractivity contribution in [2.45, 2.75) is 45.1 Å². The Balaban J connectivity index is 0.00000264. The lowest BCUT2D eigenvalue weighted by Crippen LogP contribution is -2.46. The van der Waals surface area contributed by atoms with Gasteiger partial charge in [0, 0.05) is 19.0 Å². The molecular formula is C17H25ClF2N2O. The summed E-state index contributed by atoms with van der Waals surface area (Å²) in [5.74, 6) is -0.872. The highest BCUT2D eigenvalue weighted by atomic mass is 35.5. The standard InChI is InChI=1S/C17H24F2N2O.ClH/c1-2-11-21(15-7-9-20-10-8-15)17(22)6-3-13-12-14(18)4-5-16(13)19;/h4-5,12,15,20H,2-3,6-11H2,1H3;1H. The molecule has 1 aromatic carbocycles. The van der Waals surface area contributed by atoms with Crippen molar-refractivity contribution in [2.24, 2.45) is 0 Å². The quantitative estimate of drug-likeness (QED) is 0.857. The number of carbonyl (C=O) groups excluding carboxylic acids is 1. The zero-order valence-corrected chi connectivity index (χ0v) is 14.3. The van der Waals surface area contributed by atoms with Gasteiger partial charge < -0.3 is 10.2 Å². The van der Waals surface area contributed by atoms with Crippen molar-refractivity contribution in [3.05, 3.63) is 35.4 Å². The minimum absolute atomic E-state index is 0. The Kier molecular flexibility index (Phi) is 8.48. The Morgan fingerprint density at radius 2 is 2.00 bits per heavy atom. The van der Waals surface area contributed by atoms with Gasteiger partial charge in [0.1, 0.15) is 11.6 Å². The molecule has 1 aliphatic rings. The van der Waals surface area contributed by atoms with Gasteiger partial charge in [-0.25, -0.2) is 8.78 Å². The molecule has 23 heavy (non-hydrogen) atoms. The van der Waals surface area contributed by atoms with Crippen LogP contribution < -0.4 is 5.32 Å². The summed E-state index contributed by atoms with van der Waals surface area (Å²) in [5, 5.41) is 3.29. The van der Waals surface area contributed by atoms with Gasteiger partial charge in [0.15, 0.2) is 0 Å². The molecule has 0 aromatic heterocycles. The normalized spacial score (nSPS) is 15.1. The van der Waals surface area contributed by atoms with Crippen molar-refractivity contribution in [1.29, 1.82) is 0 Å². The first kappa shape index (κ1) is 19.8. The predicted octanol–water partition coefficient (Wildman–Crippen LogP) is 3.31. The Labute approximate surface area is 142 Å². The van der Waals surface area contributed by atoms with Crippen LogP contribution in [0, 0.1) is 11.6 Å². The zero-order chi connectivity index (χ0) is 15.9. The van der Waals surface area contributed by atoms with Gasteiger partial charge in [-0.2, -0.15) is 0 Å². The lowest BCUT2D eigenvalue weighted by Gasteiger charge is -2.34. The third-order valence-electron chi connectivity index (χ3n) is 4.15. The summed E-state index contributed by atoms with van der Waals surface area (Å²) in [6, 6.07) is 3.66. The fourth-order valence-electron chi connectivity index (χ4n) is 2.99.